The van der Waals surface area contributed by atoms with Gasteiger partial charge in [-0.2, -0.15) is 0 Å². The lowest BCUT2D eigenvalue weighted by molar-refractivity contribution is -0.110. The van der Waals surface area contributed by atoms with Gasteiger partial charge in [-0.05, 0) is 49.1 Å². The third-order valence-corrected chi connectivity index (χ3v) is 3.61. The van der Waals surface area contributed by atoms with Crippen LogP contribution in [0, 0.1) is 5.82 Å². The van der Waals surface area contributed by atoms with Crippen molar-refractivity contribution in [3.8, 4) is 0 Å². The monoisotopic (exact) mass is 225 g/mol. The third-order valence-electron chi connectivity index (χ3n) is 2.44. The molecular weight excluding hydrogens is 213 g/mol. The van der Waals surface area contributed by atoms with Gasteiger partial charge in [0.05, 0.1) is 6.04 Å². The van der Waals surface area contributed by atoms with Crippen LogP contribution in [-0.2, 0) is 4.79 Å². The average molecular weight is 225 g/mol. The Morgan fingerprint density at radius 1 is 1.40 bits per heavy atom. The van der Waals surface area contributed by atoms with Crippen LogP contribution in [0.15, 0.2) is 29.2 Å². The highest BCUT2D eigenvalue weighted by atomic mass is 32.2. The number of nitrogens with zero attached hydrogens (tertiary/aromatic N) is 1. The predicted molar refractivity (Wildman–Crippen MR) is 58.0 cm³/mol. The Kier molecular flexibility index (Phi) is 3.38. The van der Waals surface area contributed by atoms with Gasteiger partial charge in [0, 0.05) is 11.4 Å². The summed E-state index contributed by atoms with van der Waals surface area (Å²) in [6, 6.07) is 6.36. The van der Waals surface area contributed by atoms with Gasteiger partial charge in [-0.15, -0.1) is 0 Å². The number of carbonyl (C=O) groups excluding carboxylic acids is 1. The van der Waals surface area contributed by atoms with Crippen LogP contribution in [0.5, 0.6) is 0 Å². The van der Waals surface area contributed by atoms with Crippen LogP contribution in [0.25, 0.3) is 0 Å². The summed E-state index contributed by atoms with van der Waals surface area (Å²) in [7, 11) is 0. The summed E-state index contributed by atoms with van der Waals surface area (Å²) in [5.74, 6) is -0.229. The quantitative estimate of drug-likeness (QED) is 0.582. The van der Waals surface area contributed by atoms with Gasteiger partial charge in [-0.3, -0.25) is 0 Å². The predicted octanol–water partition coefficient (Wildman–Crippen LogP) is 2.50. The van der Waals surface area contributed by atoms with Crippen molar-refractivity contribution in [3.05, 3.63) is 30.1 Å². The second-order valence-corrected chi connectivity index (χ2v) is 4.65. The Hall–Kier alpha value is -0.870. The molecule has 80 valence electrons. The Labute approximate surface area is 92.6 Å². The summed E-state index contributed by atoms with van der Waals surface area (Å²) in [6.45, 7) is 0.922. The number of halogens is 1. The topological polar surface area (TPSA) is 20.3 Å². The number of rotatable bonds is 3. The van der Waals surface area contributed by atoms with E-state index in [1.165, 1.54) is 24.1 Å². The highest BCUT2D eigenvalue weighted by Crippen LogP contribution is 2.30. The molecule has 1 aliphatic heterocycles. The first-order valence-corrected chi connectivity index (χ1v) is 5.72. The first-order valence-electron chi connectivity index (χ1n) is 4.95. The fourth-order valence-corrected chi connectivity index (χ4v) is 2.69. The lowest BCUT2D eigenvalue weighted by Gasteiger charge is -2.18. The van der Waals surface area contributed by atoms with Gasteiger partial charge >= 0.3 is 0 Å². The van der Waals surface area contributed by atoms with Crippen molar-refractivity contribution in [2.75, 3.05) is 6.54 Å². The Bertz CT molecular complexity index is 341. The molecule has 2 rings (SSSR count). The van der Waals surface area contributed by atoms with Crippen LogP contribution in [0.1, 0.15) is 12.8 Å². The van der Waals surface area contributed by atoms with Crippen molar-refractivity contribution < 1.29 is 9.18 Å². The Morgan fingerprint density at radius 2 is 2.13 bits per heavy atom. The van der Waals surface area contributed by atoms with Crippen LogP contribution in [-0.4, -0.2) is 23.2 Å². The summed E-state index contributed by atoms with van der Waals surface area (Å²) in [6.07, 6.45) is 2.97. The van der Waals surface area contributed by atoms with E-state index in [2.05, 4.69) is 4.31 Å². The number of benzene rings is 1. The smallest absolute Gasteiger partial charge is 0.138 e. The zero-order valence-corrected chi connectivity index (χ0v) is 9.04. The summed E-state index contributed by atoms with van der Waals surface area (Å²) in [4.78, 5) is 11.7. The minimum absolute atomic E-state index is 0.0139. The van der Waals surface area contributed by atoms with E-state index in [1.54, 1.807) is 12.1 Å². The van der Waals surface area contributed by atoms with Gasteiger partial charge in [0.1, 0.15) is 12.1 Å². The van der Waals surface area contributed by atoms with E-state index < -0.39 is 0 Å². The number of hydrogen-bond acceptors (Lipinski definition) is 3. The van der Waals surface area contributed by atoms with Crippen molar-refractivity contribution in [2.24, 2.45) is 0 Å². The van der Waals surface area contributed by atoms with Gasteiger partial charge in [-0.25, -0.2) is 8.70 Å². The maximum atomic E-state index is 12.7. The van der Waals surface area contributed by atoms with Crippen LogP contribution < -0.4 is 0 Å². The number of hydrogen-bond donors (Lipinski definition) is 0. The van der Waals surface area contributed by atoms with Crippen molar-refractivity contribution in [2.45, 2.75) is 23.8 Å². The van der Waals surface area contributed by atoms with Gasteiger partial charge in [-0.1, -0.05) is 0 Å². The SMILES string of the molecule is O=CC1CCCN1Sc1ccc(F)cc1. The summed E-state index contributed by atoms with van der Waals surface area (Å²) >= 11 is 1.53. The standard InChI is InChI=1S/C11H12FNOS/c12-9-3-5-11(6-4-9)15-13-7-1-2-10(13)8-14/h3-6,8,10H,1-2,7H2. The Morgan fingerprint density at radius 3 is 2.80 bits per heavy atom. The van der Waals surface area contributed by atoms with Gasteiger partial charge in [0.2, 0.25) is 0 Å². The lowest BCUT2D eigenvalue weighted by atomic mass is 10.2. The number of aldehydes is 1. The third kappa shape index (κ3) is 2.58. The molecule has 1 aromatic carbocycles. The zero-order chi connectivity index (χ0) is 10.7. The average Bonchev–Trinajstić information content (AvgIpc) is 2.69. The summed E-state index contributed by atoms with van der Waals surface area (Å²) in [5.41, 5.74) is 0. The molecule has 1 heterocycles. The molecular formula is C11H12FNOS. The highest BCUT2D eigenvalue weighted by Gasteiger charge is 2.24. The van der Waals surface area contributed by atoms with E-state index in [-0.39, 0.29) is 11.9 Å². The Balaban J connectivity index is 2.02. The van der Waals surface area contributed by atoms with Crippen LogP contribution >= 0.6 is 11.9 Å². The van der Waals surface area contributed by atoms with Crippen molar-refractivity contribution >= 4 is 18.2 Å². The van der Waals surface area contributed by atoms with Crippen molar-refractivity contribution in [1.29, 1.82) is 0 Å². The second-order valence-electron chi connectivity index (χ2n) is 3.53. The molecule has 0 spiro atoms. The summed E-state index contributed by atoms with van der Waals surface area (Å²) in [5, 5.41) is 0. The molecule has 0 bridgehead atoms. The molecule has 0 radical (unpaired) electrons. The second kappa shape index (κ2) is 4.77. The van der Waals surface area contributed by atoms with Gasteiger partial charge in [0.15, 0.2) is 0 Å². The molecule has 1 atom stereocenters. The van der Waals surface area contributed by atoms with Crippen molar-refractivity contribution in [3.63, 3.8) is 0 Å². The molecule has 0 aliphatic carbocycles. The molecule has 1 aliphatic rings. The minimum Gasteiger partial charge on any atom is -0.302 e. The molecule has 0 N–H and O–H groups in total. The largest absolute Gasteiger partial charge is 0.302 e. The van der Waals surface area contributed by atoms with Gasteiger partial charge in [0.25, 0.3) is 0 Å². The zero-order valence-electron chi connectivity index (χ0n) is 8.23. The fraction of sp³-hybridized carbons (Fsp3) is 0.364. The first kappa shape index (κ1) is 10.6. The van der Waals surface area contributed by atoms with Crippen molar-refractivity contribution in [1.82, 2.24) is 4.31 Å². The molecule has 0 saturated carbocycles. The molecule has 15 heavy (non-hydrogen) atoms. The maximum Gasteiger partial charge on any atom is 0.138 e. The lowest BCUT2D eigenvalue weighted by Crippen LogP contribution is -2.23. The van der Waals surface area contributed by atoms with E-state index in [4.69, 9.17) is 0 Å². The molecule has 4 heteroatoms. The van der Waals surface area contributed by atoms with Crippen LogP contribution in [0.2, 0.25) is 0 Å². The molecule has 0 amide bonds. The normalized spacial score (nSPS) is 21.8. The fourth-order valence-electron chi connectivity index (χ4n) is 1.65. The van der Waals surface area contributed by atoms with E-state index >= 15 is 0 Å². The maximum absolute atomic E-state index is 12.7. The van der Waals surface area contributed by atoms with Crippen LogP contribution in [0.4, 0.5) is 4.39 Å². The molecule has 2 nitrogen and oxygen atoms in total. The first-order chi connectivity index (χ1) is 7.29. The molecule has 1 aromatic rings. The molecule has 1 saturated heterocycles. The van der Waals surface area contributed by atoms with E-state index in [1.807, 2.05) is 0 Å². The molecule has 0 aromatic heterocycles. The van der Waals surface area contributed by atoms with Crippen LogP contribution in [0.3, 0.4) is 0 Å². The molecule has 1 unspecified atom stereocenters. The number of carbonyl (C=O) groups is 1. The highest BCUT2D eigenvalue weighted by molar-refractivity contribution is 7.97. The van der Waals surface area contributed by atoms with E-state index in [0.717, 1.165) is 30.6 Å². The molecule has 1 fully saturated rings. The van der Waals surface area contributed by atoms with Gasteiger partial charge < -0.3 is 4.79 Å². The minimum atomic E-state index is -0.229. The summed E-state index contributed by atoms with van der Waals surface area (Å²) < 4.78 is 14.7. The van der Waals surface area contributed by atoms with E-state index in [9.17, 15) is 9.18 Å². The van der Waals surface area contributed by atoms with E-state index in [0.29, 0.717) is 0 Å².